The van der Waals surface area contributed by atoms with Crippen LogP contribution >= 0.6 is 0 Å². The molecular formula is C28H41N3O7. The second-order valence-electron chi connectivity index (χ2n) is 10.7. The van der Waals surface area contributed by atoms with Crippen molar-refractivity contribution in [2.45, 2.75) is 72.0 Å². The maximum Gasteiger partial charge on any atom is 0.534 e. The minimum atomic E-state index is -0.963. The Kier molecular flexibility index (Phi) is 11.1. The molecule has 10 heteroatoms. The summed E-state index contributed by atoms with van der Waals surface area (Å²) in [5.41, 5.74) is 3.18. The van der Waals surface area contributed by atoms with E-state index in [1.54, 1.807) is 60.8 Å². The van der Waals surface area contributed by atoms with Crippen LogP contribution in [0.4, 0.5) is 26.7 Å². The Hall–Kier alpha value is -3.66. The van der Waals surface area contributed by atoms with Crippen LogP contribution in [0.1, 0.15) is 60.8 Å². The first-order valence-corrected chi connectivity index (χ1v) is 12.6. The van der Waals surface area contributed by atoms with Crippen LogP contribution in [0.25, 0.3) is 0 Å². The van der Waals surface area contributed by atoms with E-state index >= 15 is 0 Å². The van der Waals surface area contributed by atoms with E-state index < -0.39 is 23.5 Å². The van der Waals surface area contributed by atoms with Crippen molar-refractivity contribution in [1.29, 1.82) is 0 Å². The number of hydrogen-bond acceptors (Lipinski definition) is 9. The normalized spacial score (nSPS) is 11.4. The molecule has 1 amide bonds. The van der Waals surface area contributed by atoms with Gasteiger partial charge >= 0.3 is 12.2 Å². The summed E-state index contributed by atoms with van der Waals surface area (Å²) >= 11 is 0. The zero-order valence-corrected chi connectivity index (χ0v) is 23.4. The molecule has 38 heavy (non-hydrogen) atoms. The van der Waals surface area contributed by atoms with E-state index in [2.05, 4.69) is 10.4 Å². The van der Waals surface area contributed by atoms with Gasteiger partial charge in [0.25, 0.3) is 0 Å². The van der Waals surface area contributed by atoms with E-state index in [1.165, 1.54) is 0 Å². The fourth-order valence-corrected chi connectivity index (χ4v) is 3.43. The van der Waals surface area contributed by atoms with Crippen LogP contribution in [0.2, 0.25) is 0 Å². The number of nitrogens with one attached hydrogen (secondary N) is 1. The molecule has 0 bridgehead atoms. The number of amides is 1. The highest BCUT2D eigenvalue weighted by Gasteiger charge is 2.27. The summed E-state index contributed by atoms with van der Waals surface area (Å²) in [6, 6.07) is 15.2. The van der Waals surface area contributed by atoms with Gasteiger partial charge in [0.1, 0.15) is 17.0 Å². The van der Waals surface area contributed by atoms with Gasteiger partial charge in [-0.1, -0.05) is 0 Å². The number of anilines is 3. The standard InChI is InChI=1S/C28H41N3O7/c1-27(2,3)36-25(32)31(38-26(33)37-28(4,5)6)20-10-8-9-19-30(22-13-11-21(29-34)12-14-22)23-15-17-24(35-7)18-16-23/h11-18,29,34H,8-10,19-20H2,1-7H3. The number of unbranched alkanes of at least 4 members (excludes halogenated alkanes) is 2. The molecule has 0 atom stereocenters. The average molecular weight is 532 g/mol. The molecule has 2 aromatic carbocycles. The molecule has 0 aliphatic heterocycles. The summed E-state index contributed by atoms with van der Waals surface area (Å²) in [5.74, 6) is 0.765. The Bertz CT molecular complexity index is 965. The molecular weight excluding hydrogens is 490 g/mol. The predicted molar refractivity (Wildman–Crippen MR) is 146 cm³/mol. The first kappa shape index (κ1) is 30.6. The zero-order chi connectivity index (χ0) is 28.3. The van der Waals surface area contributed by atoms with Crippen LogP contribution < -0.4 is 15.1 Å². The molecule has 210 valence electrons. The molecule has 0 saturated heterocycles. The highest BCUT2D eigenvalue weighted by Crippen LogP contribution is 2.29. The first-order chi connectivity index (χ1) is 17.8. The van der Waals surface area contributed by atoms with E-state index in [-0.39, 0.29) is 6.54 Å². The van der Waals surface area contributed by atoms with Gasteiger partial charge in [0.05, 0.1) is 19.3 Å². The van der Waals surface area contributed by atoms with Gasteiger partial charge in [0, 0.05) is 17.9 Å². The topological polar surface area (TPSA) is 110 Å². The van der Waals surface area contributed by atoms with Gasteiger partial charge in [-0.05, 0) is 109 Å². The molecule has 10 nitrogen and oxygen atoms in total. The lowest BCUT2D eigenvalue weighted by Gasteiger charge is -2.27. The Balaban J connectivity index is 2.03. The highest BCUT2D eigenvalue weighted by molar-refractivity contribution is 5.70. The summed E-state index contributed by atoms with van der Waals surface area (Å²) in [5, 5.41) is 10.1. The van der Waals surface area contributed by atoms with E-state index in [9.17, 15) is 9.59 Å². The number of benzene rings is 2. The lowest BCUT2D eigenvalue weighted by atomic mass is 10.1. The number of carbonyl (C=O) groups is 2. The van der Waals surface area contributed by atoms with Crippen molar-refractivity contribution in [3.63, 3.8) is 0 Å². The maximum atomic E-state index is 12.6. The number of nitrogens with zero attached hydrogens (tertiary/aromatic N) is 2. The molecule has 0 unspecified atom stereocenters. The van der Waals surface area contributed by atoms with Crippen LogP contribution in [-0.2, 0) is 14.3 Å². The highest BCUT2D eigenvalue weighted by atomic mass is 16.8. The minimum Gasteiger partial charge on any atom is -0.497 e. The summed E-state index contributed by atoms with van der Waals surface area (Å²) < 4.78 is 15.9. The van der Waals surface area contributed by atoms with Crippen molar-refractivity contribution in [3.05, 3.63) is 48.5 Å². The second kappa shape index (κ2) is 13.8. The second-order valence-corrected chi connectivity index (χ2v) is 10.7. The van der Waals surface area contributed by atoms with E-state index in [0.29, 0.717) is 18.7 Å². The van der Waals surface area contributed by atoms with E-state index in [0.717, 1.165) is 35.0 Å². The number of rotatable bonds is 10. The van der Waals surface area contributed by atoms with Gasteiger partial charge < -0.3 is 23.9 Å². The number of carbonyl (C=O) groups excluding carboxylic acids is 2. The molecule has 0 spiro atoms. The first-order valence-electron chi connectivity index (χ1n) is 12.6. The third kappa shape index (κ3) is 10.8. The lowest BCUT2D eigenvalue weighted by Crippen LogP contribution is -2.40. The Morgan fingerprint density at radius 3 is 1.82 bits per heavy atom. The van der Waals surface area contributed by atoms with Gasteiger partial charge in [0.2, 0.25) is 0 Å². The maximum absolute atomic E-state index is 12.6. The van der Waals surface area contributed by atoms with Crippen molar-refractivity contribution in [2.24, 2.45) is 0 Å². The third-order valence-corrected chi connectivity index (χ3v) is 5.11. The molecule has 2 rings (SSSR count). The minimum absolute atomic E-state index is 0.160. The molecule has 0 aromatic heterocycles. The summed E-state index contributed by atoms with van der Waals surface area (Å²) in [7, 11) is 1.63. The summed E-state index contributed by atoms with van der Waals surface area (Å²) in [4.78, 5) is 32.2. The Morgan fingerprint density at radius 1 is 0.789 bits per heavy atom. The molecule has 2 N–H and O–H groups in total. The van der Waals surface area contributed by atoms with Gasteiger partial charge in [-0.25, -0.2) is 9.59 Å². The predicted octanol–water partition coefficient (Wildman–Crippen LogP) is 6.91. The van der Waals surface area contributed by atoms with Gasteiger partial charge in [0.15, 0.2) is 0 Å². The largest absolute Gasteiger partial charge is 0.534 e. The molecule has 0 radical (unpaired) electrons. The average Bonchev–Trinajstić information content (AvgIpc) is 2.83. The van der Waals surface area contributed by atoms with Gasteiger partial charge in [-0.3, -0.25) is 10.7 Å². The van der Waals surface area contributed by atoms with Gasteiger partial charge in [-0.2, -0.15) is 0 Å². The molecule has 0 fully saturated rings. The van der Waals surface area contributed by atoms with Crippen molar-refractivity contribution >= 4 is 29.3 Å². The van der Waals surface area contributed by atoms with E-state index in [1.807, 2.05) is 36.4 Å². The van der Waals surface area contributed by atoms with E-state index in [4.69, 9.17) is 24.3 Å². The van der Waals surface area contributed by atoms with Gasteiger partial charge in [-0.15, -0.1) is 5.06 Å². The molecule has 0 aliphatic carbocycles. The fourth-order valence-electron chi connectivity index (χ4n) is 3.43. The Labute approximate surface area is 225 Å². The van der Waals surface area contributed by atoms with Crippen LogP contribution in [0, 0.1) is 0 Å². The molecule has 2 aromatic rings. The number of ether oxygens (including phenoxy) is 3. The quantitative estimate of drug-likeness (QED) is 0.192. The third-order valence-electron chi connectivity index (χ3n) is 5.11. The molecule has 0 heterocycles. The van der Waals surface area contributed by atoms with Crippen molar-refractivity contribution in [3.8, 4) is 5.75 Å². The number of methoxy groups -OCH3 is 1. The monoisotopic (exact) mass is 531 g/mol. The molecule has 0 saturated carbocycles. The summed E-state index contributed by atoms with van der Waals surface area (Å²) in [6.07, 6.45) is 0.405. The lowest BCUT2D eigenvalue weighted by molar-refractivity contribution is -0.136. The summed E-state index contributed by atoms with van der Waals surface area (Å²) in [6.45, 7) is 11.2. The van der Waals surface area contributed by atoms with Crippen molar-refractivity contribution in [1.82, 2.24) is 5.06 Å². The van der Waals surface area contributed by atoms with Crippen LogP contribution in [0.3, 0.4) is 0 Å². The molecule has 0 aliphatic rings. The SMILES string of the molecule is COc1ccc(N(CCCCCN(OC(=O)OC(C)(C)C)C(=O)OC(C)(C)C)c2ccc(NO)cc2)cc1. The number of hydroxylamine groups is 2. The zero-order valence-electron chi connectivity index (χ0n) is 23.4. The fraction of sp³-hybridized carbons (Fsp3) is 0.500. The smallest absolute Gasteiger partial charge is 0.497 e. The Morgan fingerprint density at radius 2 is 1.32 bits per heavy atom. The van der Waals surface area contributed by atoms with Crippen molar-refractivity contribution < 1.29 is 33.8 Å². The van der Waals surface area contributed by atoms with Crippen molar-refractivity contribution in [2.75, 3.05) is 30.6 Å². The van der Waals surface area contributed by atoms with Crippen LogP contribution in [0.15, 0.2) is 48.5 Å². The van der Waals surface area contributed by atoms with Crippen LogP contribution in [0.5, 0.6) is 5.75 Å². The number of hydrogen-bond donors (Lipinski definition) is 2. The van der Waals surface area contributed by atoms with Crippen LogP contribution in [-0.4, -0.2) is 53.9 Å².